The number of hydrogen-bond donors (Lipinski definition) is 0. The van der Waals surface area contributed by atoms with Crippen LogP contribution < -0.4 is 0 Å². The van der Waals surface area contributed by atoms with Crippen LogP contribution in [-0.4, -0.2) is 41.9 Å². The highest BCUT2D eigenvalue weighted by Gasteiger charge is 2.38. The molecule has 33 heavy (non-hydrogen) atoms. The summed E-state index contributed by atoms with van der Waals surface area (Å²) < 4.78 is 42.4. The quantitative estimate of drug-likeness (QED) is 0.456. The predicted molar refractivity (Wildman–Crippen MR) is 115 cm³/mol. The third kappa shape index (κ3) is 3.37. The van der Waals surface area contributed by atoms with Crippen LogP contribution in [0.1, 0.15) is 40.4 Å². The molecule has 1 atom stereocenters. The van der Waals surface area contributed by atoms with Gasteiger partial charge < -0.3 is 4.90 Å². The maximum absolute atomic E-state index is 13.5. The molecule has 1 aliphatic heterocycles. The van der Waals surface area contributed by atoms with E-state index in [4.69, 9.17) is 0 Å². The van der Waals surface area contributed by atoms with Gasteiger partial charge in [-0.2, -0.15) is 23.4 Å². The molecule has 0 bridgehead atoms. The van der Waals surface area contributed by atoms with Gasteiger partial charge in [-0.05, 0) is 30.9 Å². The third-order valence-corrected chi connectivity index (χ3v) is 6.19. The number of alkyl halides is 3. The van der Waals surface area contributed by atoms with Gasteiger partial charge in [-0.1, -0.05) is 24.3 Å². The average Bonchev–Trinajstić information content (AvgIpc) is 3.32. The van der Waals surface area contributed by atoms with Gasteiger partial charge in [0, 0.05) is 37.8 Å². The fraction of sp³-hybridized carbons (Fsp3) is 0.304. The van der Waals surface area contributed by atoms with E-state index < -0.39 is 11.9 Å². The van der Waals surface area contributed by atoms with Crippen molar-refractivity contribution in [2.75, 3.05) is 6.54 Å². The summed E-state index contributed by atoms with van der Waals surface area (Å²) in [5, 5.41) is 9.93. The monoisotopic (exact) mass is 454 g/mol. The van der Waals surface area contributed by atoms with E-state index in [9.17, 15) is 18.0 Å². The Hall–Kier alpha value is -3.69. The molecule has 4 heterocycles. The smallest absolute Gasteiger partial charge is 0.329 e. The van der Waals surface area contributed by atoms with Crippen LogP contribution in [0.4, 0.5) is 13.2 Å². The van der Waals surface area contributed by atoms with E-state index in [1.165, 1.54) is 11.7 Å². The largest absolute Gasteiger partial charge is 0.435 e. The van der Waals surface area contributed by atoms with Crippen LogP contribution in [0.3, 0.4) is 0 Å². The van der Waals surface area contributed by atoms with E-state index in [1.807, 2.05) is 37.3 Å². The van der Waals surface area contributed by atoms with Crippen LogP contribution in [0, 0.1) is 0 Å². The Morgan fingerprint density at radius 1 is 1.09 bits per heavy atom. The maximum Gasteiger partial charge on any atom is 0.435 e. The molecule has 1 amide bonds. The van der Waals surface area contributed by atoms with Crippen LogP contribution in [-0.2, 0) is 26.7 Å². The SMILES string of the molecule is C[C@H]1c2nn(C)c(-c3cc(C(F)(F)F)nn3C)c2CCN1C(=O)c1nccc2ccccc12. The average molecular weight is 454 g/mol. The molecule has 3 aromatic heterocycles. The molecule has 0 N–H and O–H groups in total. The number of pyridine rings is 1. The predicted octanol–water partition coefficient (Wildman–Crippen LogP) is 4.15. The molecule has 0 aliphatic carbocycles. The highest BCUT2D eigenvalue weighted by molar-refractivity contribution is 6.05. The highest BCUT2D eigenvalue weighted by atomic mass is 19.4. The molecular weight excluding hydrogens is 433 g/mol. The summed E-state index contributed by atoms with van der Waals surface area (Å²) in [6, 6.07) is 10.1. The number of halogens is 3. The fourth-order valence-electron chi connectivity index (χ4n) is 4.60. The molecule has 0 saturated carbocycles. The number of carbonyl (C=O) groups is 1. The topological polar surface area (TPSA) is 68.8 Å². The second-order valence-electron chi connectivity index (χ2n) is 8.18. The zero-order chi connectivity index (χ0) is 23.5. The summed E-state index contributed by atoms with van der Waals surface area (Å²) in [6.07, 6.45) is -2.45. The van der Waals surface area contributed by atoms with Gasteiger partial charge in [-0.25, -0.2) is 0 Å². The van der Waals surface area contributed by atoms with Crippen molar-refractivity contribution in [3.63, 3.8) is 0 Å². The van der Waals surface area contributed by atoms with Gasteiger partial charge in [0.05, 0.1) is 23.1 Å². The lowest BCUT2D eigenvalue weighted by Gasteiger charge is -2.33. The Morgan fingerprint density at radius 3 is 2.58 bits per heavy atom. The summed E-state index contributed by atoms with van der Waals surface area (Å²) in [7, 11) is 3.18. The molecule has 5 rings (SSSR count). The summed E-state index contributed by atoms with van der Waals surface area (Å²) >= 11 is 0. The molecule has 10 heteroatoms. The summed E-state index contributed by atoms with van der Waals surface area (Å²) in [4.78, 5) is 19.5. The maximum atomic E-state index is 13.5. The first-order chi connectivity index (χ1) is 15.7. The minimum absolute atomic E-state index is 0.197. The van der Waals surface area contributed by atoms with Gasteiger partial charge in [0.25, 0.3) is 5.91 Å². The zero-order valence-electron chi connectivity index (χ0n) is 18.3. The highest BCUT2D eigenvalue weighted by Crippen LogP contribution is 2.38. The molecule has 7 nitrogen and oxygen atoms in total. The van der Waals surface area contributed by atoms with Crippen molar-refractivity contribution in [1.82, 2.24) is 29.4 Å². The lowest BCUT2D eigenvalue weighted by atomic mass is 9.96. The van der Waals surface area contributed by atoms with Crippen molar-refractivity contribution in [3.8, 4) is 11.4 Å². The van der Waals surface area contributed by atoms with Crippen LogP contribution in [0.2, 0.25) is 0 Å². The number of nitrogens with zero attached hydrogens (tertiary/aromatic N) is 6. The van der Waals surface area contributed by atoms with Crippen molar-refractivity contribution in [2.45, 2.75) is 25.6 Å². The standard InChI is InChI=1S/C23H21F3N6O/c1-13-19-16(21(31(3)29-19)17-12-18(23(24,25)26)28-30(17)2)9-11-32(13)22(33)20-15-7-5-4-6-14(15)8-10-27-20/h4-8,10,12-13H,9,11H2,1-3H3/t13-/m0/s1. The molecule has 0 spiro atoms. The number of aromatic nitrogens is 5. The first-order valence-corrected chi connectivity index (χ1v) is 10.5. The second kappa shape index (κ2) is 7.43. The van der Waals surface area contributed by atoms with Crippen LogP contribution in [0.15, 0.2) is 42.6 Å². The summed E-state index contributed by atoms with van der Waals surface area (Å²) in [5.74, 6) is -0.197. The first kappa shape index (κ1) is 21.2. The zero-order valence-corrected chi connectivity index (χ0v) is 18.3. The lowest BCUT2D eigenvalue weighted by Crippen LogP contribution is -2.39. The van der Waals surface area contributed by atoms with Gasteiger partial charge in [0.2, 0.25) is 0 Å². The van der Waals surface area contributed by atoms with E-state index in [-0.39, 0.29) is 11.9 Å². The normalized spacial score (nSPS) is 16.3. The van der Waals surface area contributed by atoms with Gasteiger partial charge in [0.1, 0.15) is 5.69 Å². The fourth-order valence-corrected chi connectivity index (χ4v) is 4.60. The van der Waals surface area contributed by atoms with E-state index >= 15 is 0 Å². The second-order valence-corrected chi connectivity index (χ2v) is 8.18. The van der Waals surface area contributed by atoms with E-state index in [2.05, 4.69) is 15.2 Å². The number of amides is 1. The number of fused-ring (bicyclic) bond motifs is 2. The Balaban J connectivity index is 1.53. The lowest BCUT2D eigenvalue weighted by molar-refractivity contribution is -0.141. The minimum atomic E-state index is -4.53. The van der Waals surface area contributed by atoms with Gasteiger partial charge in [0.15, 0.2) is 5.69 Å². The molecule has 0 radical (unpaired) electrons. The number of carbonyl (C=O) groups excluding carboxylic acids is 1. The number of hydrogen-bond acceptors (Lipinski definition) is 4. The molecule has 0 fully saturated rings. The summed E-state index contributed by atoms with van der Waals surface area (Å²) in [5.41, 5.74) is 1.84. The van der Waals surface area contributed by atoms with Crippen molar-refractivity contribution in [3.05, 3.63) is 65.2 Å². The Bertz CT molecular complexity index is 1380. The Kier molecular flexibility index (Phi) is 4.77. The summed E-state index contributed by atoms with van der Waals surface area (Å²) in [6.45, 7) is 2.28. The van der Waals surface area contributed by atoms with Gasteiger partial charge in [-0.3, -0.25) is 19.1 Å². The first-order valence-electron chi connectivity index (χ1n) is 10.5. The Labute approximate surface area is 187 Å². The molecular formula is C23H21F3N6O. The molecule has 4 aromatic rings. The van der Waals surface area contributed by atoms with E-state index in [0.717, 1.165) is 22.4 Å². The van der Waals surface area contributed by atoms with E-state index in [1.54, 1.807) is 22.8 Å². The van der Waals surface area contributed by atoms with Crippen molar-refractivity contribution >= 4 is 16.7 Å². The van der Waals surface area contributed by atoms with Crippen molar-refractivity contribution in [2.24, 2.45) is 14.1 Å². The van der Waals surface area contributed by atoms with Crippen molar-refractivity contribution < 1.29 is 18.0 Å². The van der Waals surface area contributed by atoms with Crippen LogP contribution in [0.5, 0.6) is 0 Å². The van der Waals surface area contributed by atoms with Crippen LogP contribution >= 0.6 is 0 Å². The van der Waals surface area contributed by atoms with Gasteiger partial charge in [-0.15, -0.1) is 0 Å². The molecule has 1 aliphatic rings. The number of aryl methyl sites for hydroxylation is 2. The molecule has 1 aromatic carbocycles. The minimum Gasteiger partial charge on any atom is -0.329 e. The van der Waals surface area contributed by atoms with Crippen LogP contribution in [0.25, 0.3) is 22.2 Å². The molecule has 0 unspecified atom stereocenters. The third-order valence-electron chi connectivity index (χ3n) is 6.19. The molecule has 170 valence electrons. The number of benzene rings is 1. The molecule has 0 saturated heterocycles. The van der Waals surface area contributed by atoms with Gasteiger partial charge >= 0.3 is 6.18 Å². The van der Waals surface area contributed by atoms with Crippen molar-refractivity contribution in [1.29, 1.82) is 0 Å². The number of rotatable bonds is 2. The van der Waals surface area contributed by atoms with E-state index in [0.29, 0.717) is 35.7 Å². The Morgan fingerprint density at radius 2 is 1.85 bits per heavy atom.